The van der Waals surface area contributed by atoms with E-state index in [0.29, 0.717) is 0 Å². The summed E-state index contributed by atoms with van der Waals surface area (Å²) < 4.78 is 0. The van der Waals surface area contributed by atoms with E-state index >= 15 is 0 Å². The third kappa shape index (κ3) is 59.5. The molecule has 0 saturated carbocycles. The van der Waals surface area contributed by atoms with Crippen molar-refractivity contribution in [3.63, 3.8) is 0 Å². The van der Waals surface area contributed by atoms with Gasteiger partial charge in [0.25, 0.3) is 0 Å². The first-order valence-electron chi connectivity index (χ1n) is 1.72. The summed E-state index contributed by atoms with van der Waals surface area (Å²) in [7, 11) is -1.61. The zero-order valence-corrected chi connectivity index (χ0v) is 4.95. The molecule has 0 aromatic heterocycles. The minimum absolute atomic E-state index is 0. The van der Waals surface area contributed by atoms with Crippen molar-refractivity contribution < 1.29 is 4.80 Å². The molecule has 4 heteroatoms. The molecule has 0 aliphatic rings. The van der Waals surface area contributed by atoms with E-state index in [1.54, 1.807) is 0 Å². The van der Waals surface area contributed by atoms with Crippen LogP contribution in [0.15, 0.2) is 0 Å². The van der Waals surface area contributed by atoms with Gasteiger partial charge in [0.05, 0.1) is 0 Å². The van der Waals surface area contributed by atoms with Gasteiger partial charge in [0.1, 0.15) is 0 Å². The van der Waals surface area contributed by atoms with Crippen molar-refractivity contribution in [3.8, 4) is 0 Å². The van der Waals surface area contributed by atoms with E-state index in [0.717, 1.165) is 0 Å². The summed E-state index contributed by atoms with van der Waals surface area (Å²) in [6.07, 6.45) is 0. The Hall–Kier alpha value is 2.41. The summed E-state index contributed by atoms with van der Waals surface area (Å²) in [4.78, 5) is 8.66. The predicted molar refractivity (Wildman–Crippen MR) is 39.9 cm³/mol. The Morgan fingerprint density at radius 1 is 1.14 bits per heavy atom. The molecular weight excluding hydrogens is 126 g/mol. The van der Waals surface area contributed by atoms with Crippen LogP contribution in [0.5, 0.6) is 0 Å². The quantitative estimate of drug-likeness (QED) is 0.448. The van der Waals surface area contributed by atoms with E-state index in [4.69, 9.17) is 4.80 Å². The first-order valence-corrected chi connectivity index (χ1v) is 5.17. The van der Waals surface area contributed by atoms with E-state index in [1.807, 2.05) is 19.6 Å². The molecule has 0 fully saturated rings. The fourth-order valence-electron chi connectivity index (χ4n) is 0. The molecule has 0 aromatic carbocycles. The molecule has 0 radical (unpaired) electrons. The Morgan fingerprint density at radius 2 is 1.14 bits per heavy atom. The second-order valence-electron chi connectivity index (χ2n) is 2.17. The van der Waals surface area contributed by atoms with Crippen molar-refractivity contribution in [1.82, 2.24) is 0 Å². The van der Waals surface area contributed by atoms with Crippen molar-refractivity contribution in [1.29, 1.82) is 0 Å². The average molecular weight is 138 g/mol. The molecule has 0 aliphatic carbocycles. The molecule has 0 atom stereocenters. The maximum atomic E-state index is 8.66. The molecule has 0 bridgehead atoms. The zero-order valence-electron chi connectivity index (χ0n) is 3.95. The number of hydrogen-bond acceptors (Lipinski definition) is 1. The summed E-state index contributed by atoms with van der Waals surface area (Å²) in [6, 6.07) is 0. The Balaban J connectivity index is -0.0000000800. The maximum absolute atomic E-state index is 8.66. The van der Waals surface area contributed by atoms with Gasteiger partial charge in [-0.15, -0.1) is 0 Å². The summed E-state index contributed by atoms with van der Waals surface area (Å²) in [5.74, 6) is 0. The molecule has 0 heterocycles. The molecule has 0 rings (SSSR count). The summed E-state index contributed by atoms with van der Waals surface area (Å²) in [5.41, 5.74) is 0. The Bertz CT molecular complexity index is 30.4. The van der Waals surface area contributed by atoms with Gasteiger partial charge in [-0.2, -0.15) is 0 Å². The second kappa shape index (κ2) is 6.53. The summed E-state index contributed by atoms with van der Waals surface area (Å²) in [6.45, 7) is 5.65. The van der Waals surface area contributed by atoms with Crippen LogP contribution in [-0.2, 0) is 0 Å². The van der Waals surface area contributed by atoms with Crippen molar-refractivity contribution in [2.24, 2.45) is 0 Å². The third-order valence-corrected chi connectivity index (χ3v) is 0. The van der Waals surface area contributed by atoms with Crippen LogP contribution < -0.4 is 0 Å². The van der Waals surface area contributed by atoms with Gasteiger partial charge in [0.2, 0.25) is 0 Å². The zero-order chi connectivity index (χ0) is 4.50. The molecule has 0 amide bonds. The van der Waals surface area contributed by atoms with E-state index in [9.17, 15) is 0 Å². The first-order chi connectivity index (χ1) is 2.00. The van der Waals surface area contributed by atoms with Crippen LogP contribution in [0.2, 0.25) is 19.6 Å². The van der Waals surface area contributed by atoms with Crippen LogP contribution in [-0.4, -0.2) is 83.4 Å². The van der Waals surface area contributed by atoms with E-state index in [-0.39, 0.29) is 70.2 Å². The van der Waals surface area contributed by atoms with Crippen LogP contribution in [0.3, 0.4) is 0 Å². The van der Waals surface area contributed by atoms with Crippen molar-refractivity contribution in [2.75, 3.05) is 0 Å². The molecule has 0 aromatic rings. The monoisotopic (exact) mass is 138 g/mol. The van der Waals surface area contributed by atoms with Gasteiger partial charge in [0.15, 0.2) is 8.32 Å². The topological polar surface area (TPSA) is 20.2 Å². The van der Waals surface area contributed by atoms with E-state index in [1.165, 1.54) is 0 Å². The molecule has 0 aliphatic heterocycles. The number of rotatable bonds is 0. The van der Waals surface area contributed by atoms with Crippen LogP contribution >= 0.6 is 0 Å². The van der Waals surface area contributed by atoms with Gasteiger partial charge in [-0.1, -0.05) is 0 Å². The van der Waals surface area contributed by atoms with Crippen molar-refractivity contribution in [2.45, 2.75) is 19.6 Å². The van der Waals surface area contributed by atoms with Gasteiger partial charge in [-0.25, -0.2) is 0 Å². The Morgan fingerprint density at radius 3 is 1.14 bits per heavy atom. The van der Waals surface area contributed by atoms with Crippen molar-refractivity contribution >= 4 is 78.6 Å². The van der Waals surface area contributed by atoms with Gasteiger partial charge < -0.3 is 4.80 Å². The Kier molecular flexibility index (Phi) is 15.1. The standard InChI is InChI=1S/C3H10OSi.K.Li.2H/c1-5(2,3)4;;;;/h4H,1-3H3;;;;. The SMILES string of the molecule is C[Si](C)(C)O.[KH].[LiH]. The first kappa shape index (κ1) is 16.2. The Labute approximate surface area is 101 Å². The molecule has 0 unspecified atom stereocenters. The normalized spacial score (nSPS) is 8.57. The number of hydrogen-bond donors (Lipinski definition) is 1. The second-order valence-corrected chi connectivity index (χ2v) is 6.51. The van der Waals surface area contributed by atoms with Crippen LogP contribution in [0.1, 0.15) is 0 Å². The van der Waals surface area contributed by atoms with Gasteiger partial charge >= 0.3 is 70.2 Å². The minimum atomic E-state index is -1.61. The van der Waals surface area contributed by atoms with Gasteiger partial charge in [-0.05, 0) is 19.6 Å². The van der Waals surface area contributed by atoms with Crippen molar-refractivity contribution in [3.05, 3.63) is 0 Å². The van der Waals surface area contributed by atoms with Gasteiger partial charge in [0, 0.05) is 0 Å². The van der Waals surface area contributed by atoms with E-state index in [2.05, 4.69) is 0 Å². The fourth-order valence-corrected chi connectivity index (χ4v) is 0. The molecule has 1 nitrogen and oxygen atoms in total. The molecule has 36 valence electrons. The molecule has 0 saturated heterocycles. The van der Waals surface area contributed by atoms with Crippen LogP contribution in [0, 0.1) is 0 Å². The molecule has 1 N–H and O–H groups in total. The predicted octanol–water partition coefficient (Wildman–Crippen LogP) is -0.483. The summed E-state index contributed by atoms with van der Waals surface area (Å²) >= 11 is 0. The molecule has 7 heavy (non-hydrogen) atoms. The molecular formula is C3H12KLiOSi. The summed E-state index contributed by atoms with van der Waals surface area (Å²) in [5, 5.41) is 0. The average Bonchev–Trinajstić information content (AvgIpc) is 0.722. The third-order valence-electron chi connectivity index (χ3n) is 0. The van der Waals surface area contributed by atoms with Gasteiger partial charge in [-0.3, -0.25) is 0 Å². The van der Waals surface area contributed by atoms with Crippen LogP contribution in [0.25, 0.3) is 0 Å². The fraction of sp³-hybridized carbons (Fsp3) is 1.00. The van der Waals surface area contributed by atoms with Crippen LogP contribution in [0.4, 0.5) is 0 Å². The molecule has 0 spiro atoms. The van der Waals surface area contributed by atoms with E-state index < -0.39 is 8.32 Å².